The molecule has 10 heavy (non-hydrogen) atoms. The highest BCUT2D eigenvalue weighted by Crippen LogP contribution is 1.95. The summed E-state index contributed by atoms with van der Waals surface area (Å²) in [6, 6.07) is 1.98. The number of anilines is 1. The maximum absolute atomic E-state index is 5.56. The first-order chi connectivity index (χ1) is 4.86. The highest BCUT2D eigenvalue weighted by molar-refractivity contribution is 5.42. The van der Waals surface area contributed by atoms with Gasteiger partial charge in [0.1, 0.15) is 5.82 Å². The van der Waals surface area contributed by atoms with Crippen LogP contribution in [0.15, 0.2) is 6.07 Å². The first kappa shape index (κ1) is 5.59. The molecule has 1 aliphatic carbocycles. The Labute approximate surface area is 59.1 Å². The maximum atomic E-state index is 5.56. The molecule has 0 saturated heterocycles. The van der Waals surface area contributed by atoms with E-state index in [4.69, 9.17) is 5.73 Å². The molecule has 1 heterocycles. The second kappa shape index (κ2) is 1.90. The summed E-state index contributed by atoms with van der Waals surface area (Å²) < 4.78 is 0. The van der Waals surface area contributed by atoms with Gasteiger partial charge in [-0.25, -0.2) is 0 Å². The standard InChI is InChI=1S/C8H10N2/c9-8-5-6-3-1-2-4-7(6)10-8/h3-5,10H,1-2,9H2. The van der Waals surface area contributed by atoms with Crippen molar-refractivity contribution in [2.24, 2.45) is 0 Å². The second-order valence-electron chi connectivity index (χ2n) is 2.58. The van der Waals surface area contributed by atoms with E-state index in [1.807, 2.05) is 6.07 Å². The average molecular weight is 134 g/mol. The monoisotopic (exact) mass is 134 g/mol. The Balaban J connectivity index is 2.83. The van der Waals surface area contributed by atoms with Crippen molar-refractivity contribution in [3.63, 3.8) is 0 Å². The van der Waals surface area contributed by atoms with Crippen LogP contribution in [0.1, 0.15) is 12.8 Å². The van der Waals surface area contributed by atoms with Gasteiger partial charge in [-0.2, -0.15) is 0 Å². The molecule has 2 rings (SSSR count). The largest absolute Gasteiger partial charge is 0.385 e. The zero-order valence-corrected chi connectivity index (χ0v) is 5.72. The van der Waals surface area contributed by atoms with Crippen LogP contribution in [0.3, 0.4) is 0 Å². The normalized spacial score (nSPS) is 15.2. The van der Waals surface area contributed by atoms with Crippen LogP contribution in [0.5, 0.6) is 0 Å². The number of aromatic nitrogens is 1. The molecule has 0 radical (unpaired) electrons. The van der Waals surface area contributed by atoms with Gasteiger partial charge in [0.2, 0.25) is 0 Å². The zero-order chi connectivity index (χ0) is 6.97. The molecule has 0 fully saturated rings. The van der Waals surface area contributed by atoms with Gasteiger partial charge in [-0.15, -0.1) is 0 Å². The number of hydrogen-bond acceptors (Lipinski definition) is 1. The number of rotatable bonds is 0. The Morgan fingerprint density at radius 1 is 1.30 bits per heavy atom. The summed E-state index contributed by atoms with van der Waals surface area (Å²) in [5.41, 5.74) is 5.56. The van der Waals surface area contributed by atoms with E-state index in [2.05, 4.69) is 17.1 Å². The predicted molar refractivity (Wildman–Crippen MR) is 42.6 cm³/mol. The van der Waals surface area contributed by atoms with Gasteiger partial charge in [0.25, 0.3) is 0 Å². The van der Waals surface area contributed by atoms with Crippen molar-refractivity contribution >= 4 is 18.0 Å². The van der Waals surface area contributed by atoms with E-state index in [1.165, 1.54) is 10.6 Å². The molecule has 2 nitrogen and oxygen atoms in total. The van der Waals surface area contributed by atoms with Gasteiger partial charge in [-0.3, -0.25) is 0 Å². The molecule has 2 heteroatoms. The molecule has 0 spiro atoms. The van der Waals surface area contributed by atoms with Gasteiger partial charge in [-0.05, 0) is 24.1 Å². The summed E-state index contributed by atoms with van der Waals surface area (Å²) in [7, 11) is 0. The van der Waals surface area contributed by atoms with Crippen LogP contribution >= 0.6 is 0 Å². The molecule has 1 aromatic heterocycles. The van der Waals surface area contributed by atoms with E-state index in [-0.39, 0.29) is 0 Å². The predicted octanol–water partition coefficient (Wildman–Crippen LogP) is -0.0483. The van der Waals surface area contributed by atoms with E-state index in [9.17, 15) is 0 Å². The Bertz CT molecular complexity index is 312. The van der Waals surface area contributed by atoms with Crippen molar-refractivity contribution in [2.75, 3.05) is 5.73 Å². The highest BCUT2D eigenvalue weighted by Gasteiger charge is 1.94. The van der Waals surface area contributed by atoms with E-state index in [0.717, 1.165) is 18.7 Å². The van der Waals surface area contributed by atoms with E-state index < -0.39 is 0 Å². The van der Waals surface area contributed by atoms with Crippen molar-refractivity contribution in [1.29, 1.82) is 0 Å². The molecule has 0 bridgehead atoms. The van der Waals surface area contributed by atoms with Gasteiger partial charge >= 0.3 is 0 Å². The van der Waals surface area contributed by atoms with Crippen molar-refractivity contribution in [1.82, 2.24) is 4.98 Å². The highest BCUT2D eigenvalue weighted by atomic mass is 14.8. The molecule has 1 aliphatic rings. The summed E-state index contributed by atoms with van der Waals surface area (Å²) in [6.07, 6.45) is 6.67. The lowest BCUT2D eigenvalue weighted by Gasteiger charge is -1.91. The quantitative estimate of drug-likeness (QED) is 0.513. The minimum absolute atomic E-state index is 0.763. The fourth-order valence-corrected chi connectivity index (χ4v) is 1.31. The molecule has 0 saturated carbocycles. The number of aromatic amines is 1. The molecule has 0 aliphatic heterocycles. The van der Waals surface area contributed by atoms with Crippen molar-refractivity contribution in [2.45, 2.75) is 12.8 Å². The molecule has 52 valence electrons. The molecule has 1 aromatic rings. The van der Waals surface area contributed by atoms with Gasteiger partial charge in [-0.1, -0.05) is 12.2 Å². The van der Waals surface area contributed by atoms with Crippen LogP contribution in [-0.4, -0.2) is 4.98 Å². The summed E-state index contributed by atoms with van der Waals surface area (Å²) in [6.45, 7) is 0. The number of fused-ring (bicyclic) bond motifs is 1. The Morgan fingerprint density at radius 3 is 2.90 bits per heavy atom. The van der Waals surface area contributed by atoms with Crippen molar-refractivity contribution < 1.29 is 0 Å². The number of H-pyrrole nitrogens is 1. The van der Waals surface area contributed by atoms with E-state index in [0.29, 0.717) is 0 Å². The van der Waals surface area contributed by atoms with Crippen LogP contribution in [0.2, 0.25) is 0 Å². The molecule has 0 unspecified atom stereocenters. The second-order valence-corrected chi connectivity index (χ2v) is 2.58. The fourth-order valence-electron chi connectivity index (χ4n) is 1.31. The smallest absolute Gasteiger partial charge is 0.101 e. The van der Waals surface area contributed by atoms with Crippen LogP contribution in [-0.2, 0) is 0 Å². The summed E-state index contributed by atoms with van der Waals surface area (Å²) >= 11 is 0. The first-order valence-corrected chi connectivity index (χ1v) is 3.51. The summed E-state index contributed by atoms with van der Waals surface area (Å²) in [5, 5.41) is 2.44. The van der Waals surface area contributed by atoms with Crippen molar-refractivity contribution in [3.05, 3.63) is 16.6 Å². The van der Waals surface area contributed by atoms with Gasteiger partial charge in [0.15, 0.2) is 0 Å². The molecule has 0 amide bonds. The SMILES string of the molecule is Nc1cc2c([nH]1)=CCCC=2. The van der Waals surface area contributed by atoms with E-state index in [1.54, 1.807) is 0 Å². The Hall–Kier alpha value is -1.18. The Kier molecular flexibility index (Phi) is 1.07. The molecular formula is C8H10N2. The Morgan fingerprint density at radius 2 is 2.10 bits per heavy atom. The third-order valence-electron chi connectivity index (χ3n) is 1.78. The van der Waals surface area contributed by atoms with Gasteiger partial charge in [0.05, 0.1) is 0 Å². The summed E-state index contributed by atoms with van der Waals surface area (Å²) in [5.74, 6) is 0.763. The number of nitrogen functional groups attached to an aromatic ring is 1. The van der Waals surface area contributed by atoms with Crippen LogP contribution in [0.25, 0.3) is 12.2 Å². The molecular weight excluding hydrogens is 124 g/mol. The summed E-state index contributed by atoms with van der Waals surface area (Å²) in [4.78, 5) is 3.09. The minimum atomic E-state index is 0.763. The third-order valence-corrected chi connectivity index (χ3v) is 1.78. The zero-order valence-electron chi connectivity index (χ0n) is 5.72. The van der Waals surface area contributed by atoms with E-state index >= 15 is 0 Å². The first-order valence-electron chi connectivity index (χ1n) is 3.51. The molecule has 0 aromatic carbocycles. The lowest BCUT2D eigenvalue weighted by atomic mass is 10.2. The number of nitrogens with one attached hydrogen (secondary N) is 1. The average Bonchev–Trinajstić information content (AvgIpc) is 2.27. The van der Waals surface area contributed by atoms with Crippen LogP contribution in [0.4, 0.5) is 5.82 Å². The van der Waals surface area contributed by atoms with Gasteiger partial charge < -0.3 is 10.7 Å². The van der Waals surface area contributed by atoms with Crippen LogP contribution < -0.4 is 16.3 Å². The number of nitrogens with two attached hydrogens (primary N) is 1. The number of hydrogen-bond donors (Lipinski definition) is 2. The lowest BCUT2D eigenvalue weighted by Crippen LogP contribution is -2.23. The van der Waals surface area contributed by atoms with Crippen LogP contribution in [0, 0.1) is 0 Å². The topological polar surface area (TPSA) is 41.8 Å². The third kappa shape index (κ3) is 0.727. The van der Waals surface area contributed by atoms with Crippen molar-refractivity contribution in [3.8, 4) is 0 Å². The molecule has 0 atom stereocenters. The maximum Gasteiger partial charge on any atom is 0.101 e. The fraction of sp³-hybridized carbons (Fsp3) is 0.250. The van der Waals surface area contributed by atoms with Gasteiger partial charge in [0, 0.05) is 5.35 Å². The lowest BCUT2D eigenvalue weighted by molar-refractivity contribution is 1.10. The molecule has 3 N–H and O–H groups in total. The minimum Gasteiger partial charge on any atom is -0.385 e.